The molecule has 0 spiro atoms. The van der Waals surface area contributed by atoms with Crippen LogP contribution in [0, 0.1) is 34.0 Å². The Morgan fingerprint density at radius 3 is 1.89 bits per heavy atom. The number of carbonyl (C=O) groups excluding carboxylic acids is 2. The van der Waals surface area contributed by atoms with Crippen LogP contribution in [0.25, 0.3) is 0 Å². The maximum absolute atomic E-state index is 12.2. The van der Waals surface area contributed by atoms with Crippen molar-refractivity contribution in [2.75, 3.05) is 13.1 Å². The minimum absolute atomic E-state index is 0.0368. The zero-order valence-electron chi connectivity index (χ0n) is 18.0. The number of nitriles is 2. The van der Waals surface area contributed by atoms with Crippen LogP contribution in [-0.2, 0) is 14.3 Å². The molecular weight excluding hydrogens is 358 g/mol. The van der Waals surface area contributed by atoms with Crippen molar-refractivity contribution in [3.63, 3.8) is 0 Å². The average molecular weight is 392 g/mol. The third-order valence-electron chi connectivity index (χ3n) is 4.51. The molecule has 0 aromatic carbocycles. The summed E-state index contributed by atoms with van der Waals surface area (Å²) in [6.07, 6.45) is 1.66. The monoisotopic (exact) mass is 391 g/mol. The Morgan fingerprint density at radius 1 is 0.964 bits per heavy atom. The molecule has 1 aliphatic rings. The van der Waals surface area contributed by atoms with Crippen LogP contribution in [0.3, 0.4) is 0 Å². The van der Waals surface area contributed by atoms with Crippen LogP contribution >= 0.6 is 0 Å². The second kappa shape index (κ2) is 9.28. The molecule has 0 N–H and O–H groups in total. The van der Waals surface area contributed by atoms with Gasteiger partial charge in [0.15, 0.2) is 0 Å². The maximum atomic E-state index is 12.2. The molecule has 0 bridgehead atoms. The summed E-state index contributed by atoms with van der Waals surface area (Å²) in [6.45, 7) is 11.9. The maximum Gasteiger partial charge on any atom is 0.410 e. The van der Waals surface area contributed by atoms with E-state index in [2.05, 4.69) is 12.1 Å². The molecular formula is C21H33N3O4. The van der Waals surface area contributed by atoms with E-state index in [1.165, 1.54) is 0 Å². The standard InChI is InChI=1S/C21H33N3O4/c1-19(2,3)27-17(25)7-10-21(14-22,15-23)13-16-8-11-24(12-9-16)18(26)28-20(4,5)6/h16H,7-13H2,1-6H3. The van der Waals surface area contributed by atoms with Crippen LogP contribution in [0.1, 0.15) is 73.6 Å². The number of rotatable bonds is 5. The summed E-state index contributed by atoms with van der Waals surface area (Å²) in [7, 11) is 0. The predicted octanol–water partition coefficient (Wildman–Crippen LogP) is 4.18. The molecule has 28 heavy (non-hydrogen) atoms. The molecule has 1 amide bonds. The van der Waals surface area contributed by atoms with Gasteiger partial charge in [-0.05, 0) is 73.1 Å². The summed E-state index contributed by atoms with van der Waals surface area (Å²) in [5, 5.41) is 19.2. The Labute approximate surface area is 168 Å². The summed E-state index contributed by atoms with van der Waals surface area (Å²) < 4.78 is 10.7. The lowest BCUT2D eigenvalue weighted by Crippen LogP contribution is -2.42. The second-order valence-corrected chi connectivity index (χ2v) is 9.51. The number of hydrogen-bond donors (Lipinski definition) is 0. The van der Waals surface area contributed by atoms with Gasteiger partial charge >= 0.3 is 12.1 Å². The predicted molar refractivity (Wildman–Crippen MR) is 104 cm³/mol. The number of nitrogens with zero attached hydrogens (tertiary/aromatic N) is 3. The number of hydrogen-bond acceptors (Lipinski definition) is 6. The highest BCUT2D eigenvalue weighted by Gasteiger charge is 2.36. The van der Waals surface area contributed by atoms with E-state index in [0.717, 1.165) is 0 Å². The van der Waals surface area contributed by atoms with Gasteiger partial charge < -0.3 is 14.4 Å². The van der Waals surface area contributed by atoms with E-state index in [-0.39, 0.29) is 24.9 Å². The van der Waals surface area contributed by atoms with Crippen LogP contribution < -0.4 is 0 Å². The SMILES string of the molecule is CC(C)(C)OC(=O)CCC(C#N)(C#N)CC1CCN(C(=O)OC(C)(C)C)CC1. The molecule has 7 heteroatoms. The summed E-state index contributed by atoms with van der Waals surface area (Å²) in [5.74, 6) is -0.251. The largest absolute Gasteiger partial charge is 0.460 e. The second-order valence-electron chi connectivity index (χ2n) is 9.51. The van der Waals surface area contributed by atoms with Gasteiger partial charge in [-0.3, -0.25) is 4.79 Å². The Morgan fingerprint density at radius 2 is 1.46 bits per heavy atom. The van der Waals surface area contributed by atoms with Crippen LogP contribution in [0.4, 0.5) is 4.79 Å². The Hall–Kier alpha value is -2.28. The number of amides is 1. The molecule has 0 aliphatic carbocycles. The van der Waals surface area contributed by atoms with Crippen molar-refractivity contribution < 1.29 is 19.1 Å². The molecule has 156 valence electrons. The summed E-state index contributed by atoms with van der Waals surface area (Å²) >= 11 is 0. The van der Waals surface area contributed by atoms with Crippen molar-refractivity contribution in [2.45, 2.75) is 84.8 Å². The van der Waals surface area contributed by atoms with Crippen molar-refractivity contribution in [1.29, 1.82) is 10.5 Å². The van der Waals surface area contributed by atoms with E-state index in [1.54, 1.807) is 25.7 Å². The average Bonchev–Trinajstić information content (AvgIpc) is 2.56. The normalized spacial score (nSPS) is 16.1. The van der Waals surface area contributed by atoms with Crippen LogP contribution in [0.15, 0.2) is 0 Å². The van der Waals surface area contributed by atoms with Gasteiger partial charge in [0.1, 0.15) is 16.6 Å². The number of piperidine rings is 1. The zero-order valence-corrected chi connectivity index (χ0v) is 18.0. The number of carbonyl (C=O) groups is 2. The van der Waals surface area contributed by atoms with Gasteiger partial charge in [0, 0.05) is 19.5 Å². The third kappa shape index (κ3) is 8.17. The van der Waals surface area contributed by atoms with Gasteiger partial charge in [-0.15, -0.1) is 0 Å². The van der Waals surface area contributed by atoms with Crippen LogP contribution in [-0.4, -0.2) is 41.3 Å². The van der Waals surface area contributed by atoms with Gasteiger partial charge in [0.2, 0.25) is 0 Å². The molecule has 1 aliphatic heterocycles. The van der Waals surface area contributed by atoms with Gasteiger partial charge in [0.25, 0.3) is 0 Å². The lowest BCUT2D eigenvalue weighted by Gasteiger charge is -2.35. The first-order chi connectivity index (χ1) is 12.8. The van der Waals surface area contributed by atoms with Gasteiger partial charge in [-0.2, -0.15) is 10.5 Å². The first-order valence-corrected chi connectivity index (χ1v) is 9.81. The van der Waals surface area contributed by atoms with Gasteiger partial charge in [-0.1, -0.05) is 0 Å². The molecule has 7 nitrogen and oxygen atoms in total. The van der Waals surface area contributed by atoms with Crippen molar-refractivity contribution in [2.24, 2.45) is 11.3 Å². The molecule has 0 radical (unpaired) electrons. The first kappa shape index (κ1) is 23.8. The highest BCUT2D eigenvalue weighted by molar-refractivity contribution is 5.70. The highest BCUT2D eigenvalue weighted by atomic mass is 16.6. The smallest absolute Gasteiger partial charge is 0.410 e. The molecule has 0 atom stereocenters. The molecule has 0 unspecified atom stereocenters. The van der Waals surface area contributed by atoms with Crippen LogP contribution in [0.5, 0.6) is 0 Å². The molecule has 1 fully saturated rings. The minimum atomic E-state index is -1.21. The highest BCUT2D eigenvalue weighted by Crippen LogP contribution is 2.35. The fraction of sp³-hybridized carbons (Fsp3) is 0.810. The first-order valence-electron chi connectivity index (χ1n) is 9.81. The van der Waals surface area contributed by atoms with E-state index < -0.39 is 22.6 Å². The molecule has 0 aromatic heterocycles. The number of esters is 1. The van der Waals surface area contributed by atoms with Gasteiger partial charge in [-0.25, -0.2) is 4.79 Å². The van der Waals surface area contributed by atoms with E-state index >= 15 is 0 Å². The molecule has 1 rings (SSSR count). The van der Waals surface area contributed by atoms with E-state index in [9.17, 15) is 20.1 Å². The number of likely N-dealkylation sites (tertiary alicyclic amines) is 1. The summed E-state index contributed by atoms with van der Waals surface area (Å²) in [4.78, 5) is 25.8. The van der Waals surface area contributed by atoms with Crippen LogP contribution in [0.2, 0.25) is 0 Å². The molecule has 0 aromatic rings. The van der Waals surface area contributed by atoms with Crippen molar-refractivity contribution in [1.82, 2.24) is 4.90 Å². The lowest BCUT2D eigenvalue weighted by atomic mass is 9.75. The Bertz CT molecular complexity index is 625. The Kier molecular flexibility index (Phi) is 7.87. The van der Waals surface area contributed by atoms with E-state index in [0.29, 0.717) is 32.4 Å². The third-order valence-corrected chi connectivity index (χ3v) is 4.51. The summed E-state index contributed by atoms with van der Waals surface area (Å²) in [5.41, 5.74) is -2.34. The van der Waals surface area contributed by atoms with Crippen molar-refractivity contribution in [3.8, 4) is 12.1 Å². The molecule has 1 heterocycles. The fourth-order valence-electron chi connectivity index (χ4n) is 3.18. The van der Waals surface area contributed by atoms with Crippen molar-refractivity contribution in [3.05, 3.63) is 0 Å². The fourth-order valence-corrected chi connectivity index (χ4v) is 3.18. The van der Waals surface area contributed by atoms with E-state index in [1.807, 2.05) is 20.8 Å². The zero-order chi connectivity index (χ0) is 21.6. The quantitative estimate of drug-likeness (QED) is 0.651. The van der Waals surface area contributed by atoms with Gasteiger partial charge in [0.05, 0.1) is 12.1 Å². The number of ether oxygens (including phenoxy) is 2. The topological polar surface area (TPSA) is 103 Å². The van der Waals surface area contributed by atoms with Crippen molar-refractivity contribution >= 4 is 12.1 Å². The molecule has 1 saturated heterocycles. The minimum Gasteiger partial charge on any atom is -0.460 e. The molecule has 0 saturated carbocycles. The lowest BCUT2D eigenvalue weighted by molar-refractivity contribution is -0.155. The Balaban J connectivity index is 2.60. The summed E-state index contributed by atoms with van der Waals surface area (Å²) in [6, 6.07) is 4.24. The van der Waals surface area contributed by atoms with E-state index in [4.69, 9.17) is 9.47 Å².